The van der Waals surface area contributed by atoms with Crippen LogP contribution in [0.1, 0.15) is 25.3 Å². The first-order valence-electron chi connectivity index (χ1n) is 9.10. The molecule has 0 saturated carbocycles. The Hall–Kier alpha value is -2.62. The number of benzene rings is 2. The fourth-order valence-electron chi connectivity index (χ4n) is 3.54. The third-order valence-electron chi connectivity index (χ3n) is 5.15. The third-order valence-corrected chi connectivity index (χ3v) is 5.15. The summed E-state index contributed by atoms with van der Waals surface area (Å²) in [4.78, 5) is 26.4. The van der Waals surface area contributed by atoms with Crippen molar-refractivity contribution in [1.82, 2.24) is 4.90 Å². The van der Waals surface area contributed by atoms with E-state index in [0.717, 1.165) is 29.5 Å². The number of methoxy groups -OCH3 is 1. The van der Waals surface area contributed by atoms with Crippen molar-refractivity contribution in [3.05, 3.63) is 60.2 Å². The standard InChI is InChI=1S/C22H25NO3/c1-16-8-11-20(22(25)26-2)15-23(16)21(24)14-17-9-12-19(13-10-17)18-6-4-3-5-7-18/h3-7,9-10,12-13,16,20H,8,11,14-15H2,1-2H3/t16-,20+/m0/s1. The van der Waals surface area contributed by atoms with E-state index >= 15 is 0 Å². The van der Waals surface area contributed by atoms with Crippen molar-refractivity contribution in [3.63, 3.8) is 0 Å². The zero-order valence-electron chi connectivity index (χ0n) is 15.4. The van der Waals surface area contributed by atoms with E-state index in [1.165, 1.54) is 7.11 Å². The van der Waals surface area contributed by atoms with Gasteiger partial charge < -0.3 is 9.64 Å². The van der Waals surface area contributed by atoms with Crippen molar-refractivity contribution in [2.24, 2.45) is 5.92 Å². The largest absolute Gasteiger partial charge is 0.469 e. The van der Waals surface area contributed by atoms with E-state index in [4.69, 9.17) is 4.74 Å². The van der Waals surface area contributed by atoms with Crippen LogP contribution in [-0.4, -0.2) is 36.5 Å². The van der Waals surface area contributed by atoms with E-state index in [9.17, 15) is 9.59 Å². The monoisotopic (exact) mass is 351 g/mol. The van der Waals surface area contributed by atoms with E-state index in [1.807, 2.05) is 42.2 Å². The minimum Gasteiger partial charge on any atom is -0.469 e. The Balaban J connectivity index is 1.66. The van der Waals surface area contributed by atoms with E-state index < -0.39 is 0 Å². The number of amides is 1. The fraction of sp³-hybridized carbons (Fsp3) is 0.364. The second-order valence-electron chi connectivity index (χ2n) is 6.93. The van der Waals surface area contributed by atoms with Gasteiger partial charge in [0, 0.05) is 12.6 Å². The van der Waals surface area contributed by atoms with Gasteiger partial charge in [-0.2, -0.15) is 0 Å². The molecule has 2 atom stereocenters. The quantitative estimate of drug-likeness (QED) is 0.789. The molecule has 0 radical (unpaired) electrons. The number of ether oxygens (including phenoxy) is 1. The van der Waals surface area contributed by atoms with Gasteiger partial charge in [-0.1, -0.05) is 54.6 Å². The lowest BCUT2D eigenvalue weighted by Gasteiger charge is -2.37. The predicted molar refractivity (Wildman–Crippen MR) is 101 cm³/mol. The Morgan fingerprint density at radius 2 is 1.65 bits per heavy atom. The number of esters is 1. The Morgan fingerprint density at radius 3 is 2.31 bits per heavy atom. The zero-order valence-corrected chi connectivity index (χ0v) is 15.4. The van der Waals surface area contributed by atoms with Crippen molar-refractivity contribution in [2.45, 2.75) is 32.2 Å². The molecule has 3 rings (SSSR count). The zero-order chi connectivity index (χ0) is 18.5. The van der Waals surface area contributed by atoms with Crippen LogP contribution in [0.4, 0.5) is 0 Å². The number of carbonyl (C=O) groups is 2. The first-order valence-corrected chi connectivity index (χ1v) is 9.10. The maximum atomic E-state index is 12.8. The Morgan fingerprint density at radius 1 is 1.00 bits per heavy atom. The van der Waals surface area contributed by atoms with Crippen LogP contribution in [0.3, 0.4) is 0 Å². The maximum absolute atomic E-state index is 12.8. The molecule has 136 valence electrons. The number of hydrogen-bond donors (Lipinski definition) is 0. The Bertz CT molecular complexity index is 755. The second-order valence-corrected chi connectivity index (χ2v) is 6.93. The first kappa shape index (κ1) is 18.2. The summed E-state index contributed by atoms with van der Waals surface area (Å²) in [7, 11) is 1.40. The summed E-state index contributed by atoms with van der Waals surface area (Å²) >= 11 is 0. The van der Waals surface area contributed by atoms with Crippen molar-refractivity contribution in [1.29, 1.82) is 0 Å². The van der Waals surface area contributed by atoms with Gasteiger partial charge in [0.15, 0.2) is 0 Å². The van der Waals surface area contributed by atoms with Crippen molar-refractivity contribution in [3.8, 4) is 11.1 Å². The van der Waals surface area contributed by atoms with Gasteiger partial charge in [0.05, 0.1) is 19.4 Å². The molecule has 0 N–H and O–H groups in total. The van der Waals surface area contributed by atoms with Crippen LogP contribution in [0, 0.1) is 5.92 Å². The number of hydrogen-bond acceptors (Lipinski definition) is 3. The first-order chi connectivity index (χ1) is 12.6. The van der Waals surface area contributed by atoms with Crippen LogP contribution in [0.2, 0.25) is 0 Å². The number of rotatable bonds is 4. The molecular weight excluding hydrogens is 326 g/mol. The minimum atomic E-state index is -0.220. The fourth-order valence-corrected chi connectivity index (χ4v) is 3.54. The molecule has 1 saturated heterocycles. The molecule has 4 nitrogen and oxygen atoms in total. The highest BCUT2D eigenvalue weighted by Gasteiger charge is 2.32. The molecule has 0 spiro atoms. The molecule has 0 unspecified atom stereocenters. The topological polar surface area (TPSA) is 46.6 Å². The molecule has 2 aromatic carbocycles. The minimum absolute atomic E-state index is 0.0681. The molecule has 2 aromatic rings. The van der Waals surface area contributed by atoms with Crippen LogP contribution >= 0.6 is 0 Å². The summed E-state index contributed by atoms with van der Waals surface area (Å²) in [5.74, 6) is -0.360. The van der Waals surface area contributed by atoms with Gasteiger partial charge in [0.2, 0.25) is 5.91 Å². The molecule has 1 amide bonds. The molecule has 1 fully saturated rings. The molecule has 0 aliphatic carbocycles. The van der Waals surface area contributed by atoms with Crippen molar-refractivity contribution in [2.75, 3.05) is 13.7 Å². The summed E-state index contributed by atoms with van der Waals surface area (Å²) in [6, 6.07) is 18.4. The van der Waals surface area contributed by atoms with Crippen LogP contribution < -0.4 is 0 Å². The van der Waals surface area contributed by atoms with Crippen molar-refractivity contribution < 1.29 is 14.3 Å². The molecule has 0 bridgehead atoms. The second kappa shape index (κ2) is 8.17. The number of piperidine rings is 1. The van der Waals surface area contributed by atoms with Crippen LogP contribution in [-0.2, 0) is 20.7 Å². The van der Waals surface area contributed by atoms with Crippen LogP contribution in [0.5, 0.6) is 0 Å². The summed E-state index contributed by atoms with van der Waals surface area (Å²) in [5, 5.41) is 0. The number of carbonyl (C=O) groups excluding carboxylic acids is 2. The van der Waals surface area contributed by atoms with E-state index in [-0.39, 0.29) is 23.8 Å². The third kappa shape index (κ3) is 4.13. The predicted octanol–water partition coefficient (Wildman–Crippen LogP) is 3.70. The lowest BCUT2D eigenvalue weighted by molar-refractivity contribution is -0.150. The molecule has 1 aliphatic heterocycles. The molecule has 4 heteroatoms. The van der Waals surface area contributed by atoms with Gasteiger partial charge in [0.1, 0.15) is 0 Å². The van der Waals surface area contributed by atoms with Gasteiger partial charge in [-0.15, -0.1) is 0 Å². The average molecular weight is 351 g/mol. The lowest BCUT2D eigenvalue weighted by Crippen LogP contribution is -2.48. The normalized spacial score (nSPS) is 19.8. The highest BCUT2D eigenvalue weighted by Crippen LogP contribution is 2.24. The van der Waals surface area contributed by atoms with E-state index in [0.29, 0.717) is 13.0 Å². The van der Waals surface area contributed by atoms with Gasteiger partial charge in [-0.25, -0.2) is 0 Å². The van der Waals surface area contributed by atoms with Gasteiger partial charge >= 0.3 is 5.97 Å². The Kier molecular flexibility index (Phi) is 5.71. The van der Waals surface area contributed by atoms with E-state index in [2.05, 4.69) is 24.3 Å². The van der Waals surface area contributed by atoms with Gasteiger partial charge in [-0.05, 0) is 36.5 Å². The average Bonchev–Trinajstić information content (AvgIpc) is 2.69. The smallest absolute Gasteiger partial charge is 0.310 e. The molecule has 1 aliphatic rings. The highest BCUT2D eigenvalue weighted by atomic mass is 16.5. The van der Waals surface area contributed by atoms with Crippen LogP contribution in [0.25, 0.3) is 11.1 Å². The summed E-state index contributed by atoms with van der Waals surface area (Å²) in [6.07, 6.45) is 1.97. The molecular formula is C22H25NO3. The van der Waals surface area contributed by atoms with Gasteiger partial charge in [0.25, 0.3) is 0 Å². The number of likely N-dealkylation sites (tertiary alicyclic amines) is 1. The summed E-state index contributed by atoms with van der Waals surface area (Å²) in [5.41, 5.74) is 3.29. The van der Waals surface area contributed by atoms with Crippen molar-refractivity contribution >= 4 is 11.9 Å². The molecule has 1 heterocycles. The molecule has 26 heavy (non-hydrogen) atoms. The Labute approximate surface area is 154 Å². The number of nitrogens with zero attached hydrogens (tertiary/aromatic N) is 1. The lowest BCUT2D eigenvalue weighted by atomic mass is 9.93. The van der Waals surface area contributed by atoms with Gasteiger partial charge in [-0.3, -0.25) is 9.59 Å². The highest BCUT2D eigenvalue weighted by molar-refractivity contribution is 5.81. The van der Waals surface area contributed by atoms with Crippen LogP contribution in [0.15, 0.2) is 54.6 Å². The molecule has 0 aromatic heterocycles. The maximum Gasteiger partial charge on any atom is 0.310 e. The SMILES string of the molecule is COC(=O)[C@@H]1CC[C@H](C)N(C(=O)Cc2ccc(-c3ccccc3)cc2)C1. The summed E-state index contributed by atoms with van der Waals surface area (Å²) < 4.78 is 4.85. The van der Waals surface area contributed by atoms with E-state index in [1.54, 1.807) is 0 Å². The summed E-state index contributed by atoms with van der Waals surface area (Å²) in [6.45, 7) is 2.50.